The van der Waals surface area contributed by atoms with Gasteiger partial charge in [-0.2, -0.15) is 5.10 Å². The van der Waals surface area contributed by atoms with Gasteiger partial charge in [0.25, 0.3) is 5.56 Å². The summed E-state index contributed by atoms with van der Waals surface area (Å²) in [5, 5.41) is 4.48. The highest BCUT2D eigenvalue weighted by Gasteiger charge is 2.24. The van der Waals surface area contributed by atoms with E-state index in [-0.39, 0.29) is 5.56 Å². The van der Waals surface area contributed by atoms with Crippen molar-refractivity contribution in [2.45, 2.75) is 32.2 Å². The van der Waals surface area contributed by atoms with E-state index in [1.54, 1.807) is 6.07 Å². The number of hydrogen-bond acceptors (Lipinski definition) is 4. The maximum Gasteiger partial charge on any atom is 0.251 e. The molecule has 1 aromatic carbocycles. The maximum absolute atomic E-state index is 11.8. The van der Waals surface area contributed by atoms with Crippen LogP contribution in [-0.2, 0) is 6.54 Å². The second-order valence-electron chi connectivity index (χ2n) is 6.90. The largest absolute Gasteiger partial charge is 0.311 e. The zero-order valence-electron chi connectivity index (χ0n) is 14.9. The zero-order valence-corrected chi connectivity index (χ0v) is 14.9. The van der Waals surface area contributed by atoms with Gasteiger partial charge in [-0.05, 0) is 44.5 Å². The molecule has 1 saturated heterocycles. The Morgan fingerprint density at radius 2 is 2.08 bits per heavy atom. The number of aryl methyl sites for hydroxylation is 1. The summed E-state index contributed by atoms with van der Waals surface area (Å²) < 4.78 is 2.00. The summed E-state index contributed by atoms with van der Waals surface area (Å²) in [6.07, 6.45) is 4.04. The summed E-state index contributed by atoms with van der Waals surface area (Å²) >= 11 is 0. The van der Waals surface area contributed by atoms with Crippen molar-refractivity contribution in [3.8, 4) is 5.69 Å². The highest BCUT2D eigenvalue weighted by atomic mass is 16.1. The Labute approximate surface area is 152 Å². The minimum absolute atomic E-state index is 0.0632. The standard InChI is InChI=1S/C20H23N5O/c1-15-22-19(12-20(26)23-15)16-6-5-11-24(13-16)14-18-9-10-21-25(18)17-7-3-2-4-8-17/h2-4,7-10,12,16H,5-6,11,13-14H2,1H3,(H,22,23,26)/t16-/m0/s1. The second kappa shape index (κ2) is 7.25. The first-order chi connectivity index (χ1) is 12.7. The Bertz CT molecular complexity index is 931. The summed E-state index contributed by atoms with van der Waals surface area (Å²) in [4.78, 5) is 21.5. The SMILES string of the molecule is Cc1nc([C@H]2CCCN(Cc3ccnn3-c3ccccc3)C2)cc(=O)[nH]1. The third-order valence-electron chi connectivity index (χ3n) is 4.91. The van der Waals surface area contributed by atoms with Gasteiger partial charge in [0.1, 0.15) is 5.82 Å². The molecule has 2 aromatic heterocycles. The molecule has 1 aliphatic rings. The summed E-state index contributed by atoms with van der Waals surface area (Å²) in [7, 11) is 0. The fourth-order valence-corrected chi connectivity index (χ4v) is 3.73. The summed E-state index contributed by atoms with van der Waals surface area (Å²) in [6, 6.07) is 13.9. The van der Waals surface area contributed by atoms with Gasteiger partial charge < -0.3 is 4.98 Å². The van der Waals surface area contributed by atoms with E-state index in [1.165, 1.54) is 5.69 Å². The van der Waals surface area contributed by atoms with Gasteiger partial charge in [0.15, 0.2) is 0 Å². The van der Waals surface area contributed by atoms with Crippen LogP contribution in [0.25, 0.3) is 5.69 Å². The zero-order chi connectivity index (χ0) is 17.9. The van der Waals surface area contributed by atoms with Crippen LogP contribution in [0.4, 0.5) is 0 Å². The van der Waals surface area contributed by atoms with Crippen LogP contribution in [-0.4, -0.2) is 37.7 Å². The van der Waals surface area contributed by atoms with Crippen molar-refractivity contribution in [3.63, 3.8) is 0 Å². The van der Waals surface area contributed by atoms with Gasteiger partial charge in [-0.15, -0.1) is 0 Å². The van der Waals surface area contributed by atoms with Crippen molar-refractivity contribution in [2.24, 2.45) is 0 Å². The van der Waals surface area contributed by atoms with E-state index < -0.39 is 0 Å². The molecule has 0 unspecified atom stereocenters. The molecule has 0 amide bonds. The topological polar surface area (TPSA) is 66.8 Å². The van der Waals surface area contributed by atoms with Crippen molar-refractivity contribution >= 4 is 0 Å². The summed E-state index contributed by atoms with van der Waals surface area (Å²) in [6.45, 7) is 4.64. The Balaban J connectivity index is 1.51. The number of rotatable bonds is 4. The lowest BCUT2D eigenvalue weighted by molar-refractivity contribution is 0.195. The van der Waals surface area contributed by atoms with Crippen LogP contribution in [0, 0.1) is 6.92 Å². The minimum Gasteiger partial charge on any atom is -0.311 e. The first-order valence-corrected chi connectivity index (χ1v) is 9.07. The van der Waals surface area contributed by atoms with Crippen molar-refractivity contribution < 1.29 is 0 Å². The van der Waals surface area contributed by atoms with E-state index in [2.05, 4.69) is 38.2 Å². The van der Waals surface area contributed by atoms with E-state index in [1.807, 2.05) is 36.0 Å². The first kappa shape index (κ1) is 16.7. The number of aromatic amines is 1. The number of nitrogens with one attached hydrogen (secondary N) is 1. The molecule has 1 atom stereocenters. The number of hydrogen-bond donors (Lipinski definition) is 1. The van der Waals surface area contributed by atoms with Crippen molar-refractivity contribution in [1.82, 2.24) is 24.6 Å². The van der Waals surface area contributed by atoms with Crippen molar-refractivity contribution in [3.05, 3.63) is 76.2 Å². The van der Waals surface area contributed by atoms with Crippen LogP contribution in [0.1, 0.15) is 36.0 Å². The molecule has 6 nitrogen and oxygen atoms in total. The maximum atomic E-state index is 11.8. The Kier molecular flexibility index (Phi) is 4.67. The van der Waals surface area contributed by atoms with Gasteiger partial charge in [0.2, 0.25) is 0 Å². The van der Waals surface area contributed by atoms with E-state index in [0.29, 0.717) is 11.7 Å². The lowest BCUT2D eigenvalue weighted by Crippen LogP contribution is -2.35. The molecule has 0 saturated carbocycles. The smallest absolute Gasteiger partial charge is 0.251 e. The molecule has 0 aliphatic carbocycles. The molecule has 26 heavy (non-hydrogen) atoms. The van der Waals surface area contributed by atoms with Crippen LogP contribution in [0.3, 0.4) is 0 Å². The van der Waals surface area contributed by atoms with Crippen LogP contribution in [0.15, 0.2) is 53.5 Å². The first-order valence-electron chi connectivity index (χ1n) is 9.07. The highest BCUT2D eigenvalue weighted by molar-refractivity contribution is 5.32. The molecular weight excluding hydrogens is 326 g/mol. The Hall–Kier alpha value is -2.73. The third kappa shape index (κ3) is 3.60. The monoisotopic (exact) mass is 349 g/mol. The average Bonchev–Trinajstić information content (AvgIpc) is 3.10. The molecule has 3 aromatic rings. The van der Waals surface area contributed by atoms with Gasteiger partial charge in [-0.3, -0.25) is 9.69 Å². The Morgan fingerprint density at radius 3 is 2.88 bits per heavy atom. The molecule has 1 fully saturated rings. The summed E-state index contributed by atoms with van der Waals surface area (Å²) in [5.74, 6) is 0.990. The fraction of sp³-hybridized carbons (Fsp3) is 0.350. The average molecular weight is 349 g/mol. The molecule has 1 aliphatic heterocycles. The van der Waals surface area contributed by atoms with Crippen LogP contribution >= 0.6 is 0 Å². The van der Waals surface area contributed by atoms with Gasteiger partial charge in [0.05, 0.1) is 17.1 Å². The molecular formula is C20H23N5O. The van der Waals surface area contributed by atoms with Crippen LogP contribution < -0.4 is 5.56 Å². The number of benzene rings is 1. The second-order valence-corrected chi connectivity index (χ2v) is 6.90. The number of likely N-dealkylation sites (tertiary alicyclic amines) is 1. The third-order valence-corrected chi connectivity index (χ3v) is 4.91. The Morgan fingerprint density at radius 1 is 1.23 bits per heavy atom. The molecule has 0 spiro atoms. The lowest BCUT2D eigenvalue weighted by Gasteiger charge is -2.32. The van der Waals surface area contributed by atoms with Gasteiger partial charge in [0, 0.05) is 31.3 Å². The molecule has 0 bridgehead atoms. The van der Waals surface area contributed by atoms with E-state index >= 15 is 0 Å². The minimum atomic E-state index is -0.0632. The van der Waals surface area contributed by atoms with Crippen molar-refractivity contribution in [1.29, 1.82) is 0 Å². The molecule has 0 radical (unpaired) electrons. The number of para-hydroxylation sites is 1. The van der Waals surface area contributed by atoms with Crippen molar-refractivity contribution in [2.75, 3.05) is 13.1 Å². The van der Waals surface area contributed by atoms with Crippen LogP contribution in [0.2, 0.25) is 0 Å². The molecule has 4 rings (SSSR count). The van der Waals surface area contributed by atoms with E-state index in [0.717, 1.165) is 43.9 Å². The number of piperidine rings is 1. The van der Waals surface area contributed by atoms with Gasteiger partial charge in [-0.1, -0.05) is 18.2 Å². The fourth-order valence-electron chi connectivity index (χ4n) is 3.73. The predicted octanol–water partition coefficient (Wildman–Crippen LogP) is 2.64. The summed E-state index contributed by atoms with van der Waals surface area (Å²) in [5.41, 5.74) is 3.10. The lowest BCUT2D eigenvalue weighted by atomic mass is 9.94. The van der Waals surface area contributed by atoms with Gasteiger partial charge >= 0.3 is 0 Å². The molecule has 3 heterocycles. The number of H-pyrrole nitrogens is 1. The number of nitrogens with zero attached hydrogens (tertiary/aromatic N) is 4. The predicted molar refractivity (Wildman–Crippen MR) is 100 cm³/mol. The molecule has 6 heteroatoms. The quantitative estimate of drug-likeness (QED) is 0.786. The van der Waals surface area contributed by atoms with Crippen LogP contribution in [0.5, 0.6) is 0 Å². The normalized spacial score (nSPS) is 18.1. The number of aromatic nitrogens is 4. The van der Waals surface area contributed by atoms with Gasteiger partial charge in [-0.25, -0.2) is 9.67 Å². The van der Waals surface area contributed by atoms with E-state index in [4.69, 9.17) is 0 Å². The van der Waals surface area contributed by atoms with E-state index in [9.17, 15) is 4.79 Å². The molecule has 1 N–H and O–H groups in total. The highest BCUT2D eigenvalue weighted by Crippen LogP contribution is 2.26. The molecule has 134 valence electrons.